The van der Waals surface area contributed by atoms with Crippen LogP contribution in [0.25, 0.3) is 17.0 Å². The summed E-state index contributed by atoms with van der Waals surface area (Å²) in [5.74, 6) is -1.85. The van der Waals surface area contributed by atoms with Gasteiger partial charge < -0.3 is 11.5 Å². The van der Waals surface area contributed by atoms with Gasteiger partial charge in [0.05, 0.1) is 34.6 Å². The van der Waals surface area contributed by atoms with Gasteiger partial charge in [0, 0.05) is 41.5 Å². The third-order valence-electron chi connectivity index (χ3n) is 5.81. The summed E-state index contributed by atoms with van der Waals surface area (Å²) in [6, 6.07) is 6.99. The van der Waals surface area contributed by atoms with Crippen molar-refractivity contribution in [2.24, 2.45) is 11.5 Å². The lowest BCUT2D eigenvalue weighted by Gasteiger charge is -2.25. The van der Waals surface area contributed by atoms with Crippen LogP contribution in [0.1, 0.15) is 69.8 Å². The van der Waals surface area contributed by atoms with Gasteiger partial charge in [-0.2, -0.15) is 0 Å². The minimum atomic E-state index is -3.18. The molecule has 1 aliphatic carbocycles. The Balaban J connectivity index is 0.00000131. The quantitative estimate of drug-likeness (QED) is 0.334. The molecule has 0 saturated carbocycles. The maximum Gasteiger partial charge on any atom is 0.153 e. The number of sulfone groups is 1. The van der Waals surface area contributed by atoms with E-state index in [1.54, 1.807) is 30.7 Å². The van der Waals surface area contributed by atoms with Gasteiger partial charge in [-0.25, -0.2) is 22.2 Å². The number of hydrogen-bond acceptors (Lipinski definition) is 7. The number of hydrogen-bond donors (Lipinski definition) is 2. The van der Waals surface area contributed by atoms with Gasteiger partial charge in [0.15, 0.2) is 9.84 Å². The molecule has 220 valence electrons. The molecule has 7 nitrogen and oxygen atoms in total. The Bertz CT molecular complexity index is 1450. The number of nitrogens with two attached hydrogens (primary N) is 2. The highest BCUT2D eigenvalue weighted by Gasteiger charge is 2.24. The van der Waals surface area contributed by atoms with Crippen LogP contribution in [-0.2, 0) is 15.6 Å². The Hall–Kier alpha value is -4.10. The summed E-state index contributed by atoms with van der Waals surface area (Å²) >= 11 is 0. The molecular formula is C31H39F2N5O2S. The summed E-state index contributed by atoms with van der Waals surface area (Å²) in [5, 5.41) is 0. The molecule has 0 aliphatic heterocycles. The van der Waals surface area contributed by atoms with E-state index in [0.717, 1.165) is 31.2 Å². The number of nitrogens with zero attached hydrogens (tertiary/aromatic N) is 3. The van der Waals surface area contributed by atoms with E-state index in [9.17, 15) is 17.2 Å². The van der Waals surface area contributed by atoms with Gasteiger partial charge in [-0.05, 0) is 55.2 Å². The summed E-state index contributed by atoms with van der Waals surface area (Å²) in [7, 11) is -3.18. The molecule has 0 fully saturated rings. The molecule has 0 saturated heterocycles. The van der Waals surface area contributed by atoms with Crippen molar-refractivity contribution in [2.45, 2.75) is 58.6 Å². The van der Waals surface area contributed by atoms with Crippen molar-refractivity contribution in [3.8, 4) is 24.1 Å². The Kier molecular flexibility index (Phi) is 14.4. The van der Waals surface area contributed by atoms with Gasteiger partial charge in [0.1, 0.15) is 11.6 Å². The second kappa shape index (κ2) is 16.9. The molecule has 10 heteroatoms. The summed E-state index contributed by atoms with van der Waals surface area (Å²) < 4.78 is 51.3. The zero-order valence-electron chi connectivity index (χ0n) is 24.2. The average molecular weight is 584 g/mol. The summed E-state index contributed by atoms with van der Waals surface area (Å²) in [6.07, 6.45) is 17.6. The molecule has 0 spiro atoms. The first-order chi connectivity index (χ1) is 19.6. The van der Waals surface area contributed by atoms with Crippen LogP contribution in [-0.4, -0.2) is 29.6 Å². The topological polar surface area (TPSA) is 125 Å². The van der Waals surface area contributed by atoms with Crippen LogP contribution < -0.4 is 11.5 Å². The van der Waals surface area contributed by atoms with E-state index in [-0.39, 0.29) is 22.9 Å². The molecule has 1 aliphatic rings. The molecule has 0 radical (unpaired) electrons. The highest BCUT2D eigenvalue weighted by Crippen LogP contribution is 2.36. The number of aromatic nitrogens is 3. The van der Waals surface area contributed by atoms with E-state index in [4.69, 9.17) is 16.5 Å². The zero-order chi connectivity index (χ0) is 31.2. The monoisotopic (exact) mass is 583 g/mol. The van der Waals surface area contributed by atoms with E-state index in [2.05, 4.69) is 22.8 Å². The van der Waals surface area contributed by atoms with Crippen molar-refractivity contribution in [2.75, 3.05) is 6.26 Å². The predicted octanol–water partition coefficient (Wildman–Crippen LogP) is 6.14. The van der Waals surface area contributed by atoms with Crippen molar-refractivity contribution < 1.29 is 17.2 Å². The van der Waals surface area contributed by atoms with E-state index >= 15 is 0 Å². The number of allylic oxidation sites excluding steroid dienone is 3. The first kappa shape index (κ1) is 34.9. The Morgan fingerprint density at radius 3 is 2.24 bits per heavy atom. The van der Waals surface area contributed by atoms with Crippen molar-refractivity contribution >= 4 is 15.5 Å². The molecule has 41 heavy (non-hydrogen) atoms. The lowest BCUT2D eigenvalue weighted by atomic mass is 9.84. The molecule has 2 aromatic heterocycles. The fourth-order valence-electron chi connectivity index (χ4n) is 4.13. The molecule has 1 unspecified atom stereocenters. The maximum absolute atomic E-state index is 14.1. The number of rotatable bonds is 6. The molecule has 0 amide bonds. The van der Waals surface area contributed by atoms with E-state index in [0.29, 0.717) is 40.3 Å². The SMILES string of the molecule is C#C.CC.CC.CS(=O)(=O)Cc1ccc(-c2cncc(C3CCCC(/C=C(\N)c4c(F)cccc4F)=C3N)n2)cn1. The van der Waals surface area contributed by atoms with E-state index in [1.807, 2.05) is 27.7 Å². The first-order valence-electron chi connectivity index (χ1n) is 13.3. The van der Waals surface area contributed by atoms with Gasteiger partial charge in [0.2, 0.25) is 0 Å². The summed E-state index contributed by atoms with van der Waals surface area (Å²) in [6.45, 7) is 8.00. The molecule has 0 bridgehead atoms. The van der Waals surface area contributed by atoms with Crippen molar-refractivity contribution in [3.63, 3.8) is 0 Å². The molecule has 4 N–H and O–H groups in total. The minimum Gasteiger partial charge on any atom is -0.401 e. The van der Waals surface area contributed by atoms with Crippen LogP contribution in [0.15, 0.2) is 66.3 Å². The van der Waals surface area contributed by atoms with E-state index in [1.165, 1.54) is 12.1 Å². The summed E-state index contributed by atoms with van der Waals surface area (Å²) in [4.78, 5) is 13.2. The molecule has 1 atom stereocenters. The fraction of sp³-hybridized carbons (Fsp3) is 0.323. The first-order valence-corrected chi connectivity index (χ1v) is 15.4. The second-order valence-corrected chi connectivity index (χ2v) is 10.7. The standard InChI is InChI=1S/C25H25F2N5O2S.2C2H6.C2H2/c1-35(33,34)14-17-9-8-16(11-31-17)22-12-30-13-23(32-22)18-5-2-4-15(25(18)29)10-21(28)24-19(26)6-3-7-20(24)27;3*1-2/h3,6-13,18H,2,4-5,14,28-29H2,1H3;2*1-2H3;1-2H/b21-10-;;;. The van der Waals surface area contributed by atoms with Crippen molar-refractivity contribution in [1.29, 1.82) is 0 Å². The van der Waals surface area contributed by atoms with Gasteiger partial charge in [-0.15, -0.1) is 12.8 Å². The average Bonchev–Trinajstić information content (AvgIpc) is 2.97. The third-order valence-corrected chi connectivity index (χ3v) is 6.63. The number of terminal acetylenes is 1. The minimum absolute atomic E-state index is 0.0284. The van der Waals surface area contributed by atoms with Crippen molar-refractivity contribution in [3.05, 3.63) is 94.9 Å². The van der Waals surface area contributed by atoms with Gasteiger partial charge in [0.25, 0.3) is 0 Å². The zero-order valence-corrected chi connectivity index (χ0v) is 25.1. The Labute approximate surface area is 242 Å². The number of halogens is 2. The summed E-state index contributed by atoms with van der Waals surface area (Å²) in [5.41, 5.74) is 15.8. The van der Waals surface area contributed by atoms with Crippen molar-refractivity contribution in [1.82, 2.24) is 15.0 Å². The lowest BCUT2D eigenvalue weighted by molar-refractivity contribution is 0.575. The van der Waals surface area contributed by atoms with Crippen LogP contribution in [0.3, 0.4) is 0 Å². The molecular weight excluding hydrogens is 544 g/mol. The van der Waals surface area contributed by atoms with Gasteiger partial charge in [-0.3, -0.25) is 9.97 Å². The predicted molar refractivity (Wildman–Crippen MR) is 163 cm³/mol. The highest BCUT2D eigenvalue weighted by molar-refractivity contribution is 7.89. The second-order valence-electron chi connectivity index (χ2n) is 8.56. The normalized spacial score (nSPS) is 14.9. The number of pyridine rings is 1. The van der Waals surface area contributed by atoms with Gasteiger partial charge in [-0.1, -0.05) is 33.8 Å². The molecule has 2 heterocycles. The lowest BCUT2D eigenvalue weighted by Crippen LogP contribution is -2.19. The third kappa shape index (κ3) is 9.80. The Morgan fingerprint density at radius 1 is 1.05 bits per heavy atom. The largest absolute Gasteiger partial charge is 0.401 e. The Morgan fingerprint density at radius 2 is 1.68 bits per heavy atom. The highest BCUT2D eigenvalue weighted by atomic mass is 32.2. The molecule has 3 aromatic rings. The van der Waals surface area contributed by atoms with Gasteiger partial charge >= 0.3 is 0 Å². The maximum atomic E-state index is 14.1. The van der Waals surface area contributed by atoms with E-state index < -0.39 is 21.5 Å². The van der Waals surface area contributed by atoms with Crippen LogP contribution in [0.5, 0.6) is 0 Å². The van der Waals surface area contributed by atoms with Crippen LogP contribution in [0.2, 0.25) is 0 Å². The van der Waals surface area contributed by atoms with Crippen LogP contribution >= 0.6 is 0 Å². The number of benzene rings is 1. The van der Waals surface area contributed by atoms with Crippen LogP contribution in [0, 0.1) is 24.5 Å². The molecule has 4 rings (SSSR count). The fourth-order valence-corrected chi connectivity index (χ4v) is 4.84. The smallest absolute Gasteiger partial charge is 0.153 e. The van der Waals surface area contributed by atoms with Crippen LogP contribution in [0.4, 0.5) is 8.78 Å². The molecule has 1 aromatic carbocycles.